The minimum atomic E-state index is -0.263. The van der Waals surface area contributed by atoms with E-state index in [1.807, 2.05) is 6.07 Å². The molecule has 0 bridgehead atoms. The van der Waals surface area contributed by atoms with Crippen molar-refractivity contribution in [2.75, 3.05) is 11.1 Å². The summed E-state index contributed by atoms with van der Waals surface area (Å²) in [7, 11) is 0. The highest BCUT2D eigenvalue weighted by molar-refractivity contribution is 8.00. The van der Waals surface area contributed by atoms with E-state index in [-0.39, 0.29) is 5.91 Å². The second-order valence-corrected chi connectivity index (χ2v) is 7.37. The van der Waals surface area contributed by atoms with Crippen molar-refractivity contribution in [1.29, 1.82) is 0 Å². The number of nitrogens with two attached hydrogens (primary N) is 1. The number of thioether (sulfide) groups is 1. The van der Waals surface area contributed by atoms with Gasteiger partial charge < -0.3 is 11.1 Å². The first-order valence-electron chi connectivity index (χ1n) is 7.99. The Balaban J connectivity index is 1.62. The Morgan fingerprint density at radius 1 is 1.19 bits per heavy atom. The molecule has 2 atom stereocenters. The van der Waals surface area contributed by atoms with E-state index < -0.39 is 0 Å². The maximum Gasteiger partial charge on any atom is 0.227 e. The predicted molar refractivity (Wildman–Crippen MR) is 88.5 cm³/mol. The second-order valence-electron chi connectivity index (χ2n) is 6.36. The van der Waals surface area contributed by atoms with Gasteiger partial charge in [-0.05, 0) is 49.7 Å². The van der Waals surface area contributed by atoms with Crippen LogP contribution in [0, 0.1) is 11.8 Å². The fraction of sp³-hybridized carbons (Fsp3) is 0.588. The zero-order valence-electron chi connectivity index (χ0n) is 12.4. The van der Waals surface area contributed by atoms with E-state index >= 15 is 0 Å². The number of carbonyl (C=O) groups is 1. The van der Waals surface area contributed by atoms with Crippen LogP contribution in [-0.4, -0.2) is 17.7 Å². The maximum atomic E-state index is 11.0. The fourth-order valence-electron chi connectivity index (χ4n) is 3.44. The highest BCUT2D eigenvalue weighted by Gasteiger charge is 2.34. The standard InChI is InChI=1S/C17H24N2OS/c18-17(20)11-21-16-7-2-1-6-15(16)19-14-5-3-4-13(10-14)12-8-9-12/h1-2,6-7,12-14,19H,3-5,8-11H2,(H2,18,20). The van der Waals surface area contributed by atoms with Crippen molar-refractivity contribution in [1.82, 2.24) is 0 Å². The zero-order chi connectivity index (χ0) is 14.7. The summed E-state index contributed by atoms with van der Waals surface area (Å²) in [4.78, 5) is 12.1. The van der Waals surface area contributed by atoms with Crippen molar-refractivity contribution in [2.45, 2.75) is 49.5 Å². The summed E-state index contributed by atoms with van der Waals surface area (Å²) in [6.45, 7) is 0. The van der Waals surface area contributed by atoms with Gasteiger partial charge in [-0.1, -0.05) is 25.0 Å². The Labute approximate surface area is 131 Å². The monoisotopic (exact) mass is 304 g/mol. The molecule has 114 valence electrons. The largest absolute Gasteiger partial charge is 0.381 e. The van der Waals surface area contributed by atoms with Crippen LogP contribution < -0.4 is 11.1 Å². The molecule has 4 heteroatoms. The van der Waals surface area contributed by atoms with Gasteiger partial charge in [-0.25, -0.2) is 0 Å². The van der Waals surface area contributed by atoms with Gasteiger partial charge in [-0.15, -0.1) is 11.8 Å². The minimum absolute atomic E-state index is 0.263. The average Bonchev–Trinajstić information content (AvgIpc) is 3.31. The average molecular weight is 304 g/mol. The first kappa shape index (κ1) is 14.8. The van der Waals surface area contributed by atoms with Crippen LogP contribution in [-0.2, 0) is 4.79 Å². The van der Waals surface area contributed by atoms with Crippen molar-refractivity contribution in [2.24, 2.45) is 17.6 Å². The zero-order valence-corrected chi connectivity index (χ0v) is 13.2. The smallest absolute Gasteiger partial charge is 0.227 e. The van der Waals surface area contributed by atoms with Crippen molar-refractivity contribution in [3.63, 3.8) is 0 Å². The molecule has 3 rings (SSSR count). The highest BCUT2D eigenvalue weighted by atomic mass is 32.2. The Kier molecular flexibility index (Phi) is 4.73. The summed E-state index contributed by atoms with van der Waals surface area (Å²) in [6.07, 6.45) is 8.22. The molecular weight excluding hydrogens is 280 g/mol. The van der Waals surface area contributed by atoms with E-state index in [0.29, 0.717) is 11.8 Å². The topological polar surface area (TPSA) is 55.1 Å². The molecule has 3 N–H and O–H groups in total. The molecule has 0 aliphatic heterocycles. The molecule has 2 aliphatic carbocycles. The molecule has 1 aromatic carbocycles. The van der Waals surface area contributed by atoms with Crippen LogP contribution in [0.3, 0.4) is 0 Å². The van der Waals surface area contributed by atoms with E-state index in [2.05, 4.69) is 23.5 Å². The van der Waals surface area contributed by atoms with Crippen molar-refractivity contribution >= 4 is 23.4 Å². The summed E-state index contributed by atoms with van der Waals surface area (Å²) in [6, 6.07) is 8.83. The fourth-order valence-corrected chi connectivity index (χ4v) is 4.19. The van der Waals surface area contributed by atoms with E-state index in [4.69, 9.17) is 5.73 Å². The van der Waals surface area contributed by atoms with Gasteiger partial charge in [-0.2, -0.15) is 0 Å². The van der Waals surface area contributed by atoms with Gasteiger partial charge in [-0.3, -0.25) is 4.79 Å². The number of amides is 1. The van der Waals surface area contributed by atoms with E-state index in [1.54, 1.807) is 0 Å². The first-order chi connectivity index (χ1) is 10.2. The number of benzene rings is 1. The number of anilines is 1. The van der Waals surface area contributed by atoms with Crippen molar-refractivity contribution < 1.29 is 4.79 Å². The Morgan fingerprint density at radius 3 is 2.76 bits per heavy atom. The lowest BCUT2D eigenvalue weighted by Gasteiger charge is -2.31. The van der Waals surface area contributed by atoms with Crippen molar-refractivity contribution in [3.8, 4) is 0 Å². The summed E-state index contributed by atoms with van der Waals surface area (Å²) in [5.41, 5.74) is 6.41. The van der Waals surface area contributed by atoms with Crippen LogP contribution in [0.25, 0.3) is 0 Å². The van der Waals surface area contributed by atoms with Crippen LogP contribution in [0.1, 0.15) is 38.5 Å². The van der Waals surface area contributed by atoms with Gasteiger partial charge in [0.05, 0.1) is 5.75 Å². The molecule has 21 heavy (non-hydrogen) atoms. The van der Waals surface area contributed by atoms with Gasteiger partial charge in [0.25, 0.3) is 0 Å². The van der Waals surface area contributed by atoms with Crippen LogP contribution in [0.4, 0.5) is 5.69 Å². The Morgan fingerprint density at radius 2 is 2.00 bits per heavy atom. The molecule has 0 heterocycles. The molecule has 0 spiro atoms. The van der Waals surface area contributed by atoms with E-state index in [0.717, 1.165) is 22.4 Å². The third-order valence-corrected chi connectivity index (χ3v) is 5.72. The molecule has 2 fully saturated rings. The third-order valence-electron chi connectivity index (χ3n) is 4.62. The molecule has 2 aliphatic rings. The van der Waals surface area contributed by atoms with Gasteiger partial charge >= 0.3 is 0 Å². The van der Waals surface area contributed by atoms with E-state index in [9.17, 15) is 4.79 Å². The lowest BCUT2D eigenvalue weighted by Crippen LogP contribution is -2.28. The third kappa shape index (κ3) is 4.16. The molecule has 1 aromatic rings. The SMILES string of the molecule is NC(=O)CSc1ccccc1NC1CCCC(C2CC2)C1. The molecule has 0 radical (unpaired) electrons. The Bertz CT molecular complexity index is 501. The van der Waals surface area contributed by atoms with Gasteiger partial charge in [0.15, 0.2) is 0 Å². The van der Waals surface area contributed by atoms with Crippen LogP contribution in [0.2, 0.25) is 0 Å². The quantitative estimate of drug-likeness (QED) is 0.789. The predicted octanol–water partition coefficient (Wildman–Crippen LogP) is 3.64. The minimum Gasteiger partial charge on any atom is -0.381 e. The van der Waals surface area contributed by atoms with E-state index in [1.165, 1.54) is 50.3 Å². The molecule has 0 saturated heterocycles. The van der Waals surface area contributed by atoms with Crippen molar-refractivity contribution in [3.05, 3.63) is 24.3 Å². The summed E-state index contributed by atoms with van der Waals surface area (Å²) in [5, 5.41) is 3.71. The van der Waals surface area contributed by atoms with Crippen LogP contribution in [0.15, 0.2) is 29.2 Å². The summed E-state index contributed by atoms with van der Waals surface area (Å²) < 4.78 is 0. The molecule has 2 saturated carbocycles. The molecule has 3 nitrogen and oxygen atoms in total. The second kappa shape index (κ2) is 6.73. The number of nitrogens with one attached hydrogen (secondary N) is 1. The lowest BCUT2D eigenvalue weighted by atomic mass is 9.82. The highest BCUT2D eigenvalue weighted by Crippen LogP contribution is 2.44. The summed E-state index contributed by atoms with van der Waals surface area (Å²) >= 11 is 1.53. The molecule has 0 aromatic heterocycles. The number of para-hydroxylation sites is 1. The number of primary amides is 1. The number of hydrogen-bond donors (Lipinski definition) is 2. The normalized spacial score (nSPS) is 25.5. The van der Waals surface area contributed by atoms with Crippen LogP contribution in [0.5, 0.6) is 0 Å². The Hall–Kier alpha value is -1.16. The molecule has 1 amide bonds. The van der Waals surface area contributed by atoms with Gasteiger partial charge in [0.2, 0.25) is 5.91 Å². The van der Waals surface area contributed by atoms with Gasteiger partial charge in [0, 0.05) is 16.6 Å². The maximum absolute atomic E-state index is 11.0. The lowest BCUT2D eigenvalue weighted by molar-refractivity contribution is -0.115. The molecule has 2 unspecified atom stereocenters. The number of hydrogen-bond acceptors (Lipinski definition) is 3. The number of rotatable bonds is 6. The number of carbonyl (C=O) groups excluding carboxylic acids is 1. The van der Waals surface area contributed by atoms with Gasteiger partial charge in [0.1, 0.15) is 0 Å². The summed E-state index contributed by atoms with van der Waals surface area (Å²) in [5.74, 6) is 2.02. The molecular formula is C17H24N2OS. The van der Waals surface area contributed by atoms with Crippen LogP contribution >= 0.6 is 11.8 Å². The first-order valence-corrected chi connectivity index (χ1v) is 8.97.